The zero-order chi connectivity index (χ0) is 16.2. The third-order valence-electron chi connectivity index (χ3n) is 4.43. The third kappa shape index (κ3) is 3.51. The molecule has 1 saturated heterocycles. The molecule has 1 aliphatic rings. The van der Waals surface area contributed by atoms with Gasteiger partial charge in [-0.3, -0.25) is 15.0 Å². The lowest BCUT2D eigenvalue weighted by molar-refractivity contribution is -0.521. The molecule has 1 heterocycles. The second-order valence-electron chi connectivity index (χ2n) is 5.91. The summed E-state index contributed by atoms with van der Waals surface area (Å²) < 4.78 is 5.16. The number of nitrogens with zero attached hydrogens (tertiary/aromatic N) is 2. The summed E-state index contributed by atoms with van der Waals surface area (Å²) in [5, 5.41) is 11.5. The van der Waals surface area contributed by atoms with E-state index in [0.29, 0.717) is 13.1 Å². The van der Waals surface area contributed by atoms with Gasteiger partial charge in [0.15, 0.2) is 0 Å². The number of methoxy groups -OCH3 is 1. The minimum Gasteiger partial charge on any atom is -0.497 e. The highest BCUT2D eigenvalue weighted by molar-refractivity contribution is 5.31. The second-order valence-corrected chi connectivity index (χ2v) is 5.91. The van der Waals surface area contributed by atoms with Crippen molar-refractivity contribution in [2.75, 3.05) is 20.2 Å². The van der Waals surface area contributed by atoms with Crippen molar-refractivity contribution in [1.29, 1.82) is 0 Å². The molecule has 0 saturated carbocycles. The molecule has 3 rings (SSSR count). The molecule has 0 spiro atoms. The normalized spacial score (nSPS) is 21.3. The Morgan fingerprint density at radius 1 is 1.13 bits per heavy atom. The summed E-state index contributed by atoms with van der Waals surface area (Å²) in [5.74, 6) is 0.685. The van der Waals surface area contributed by atoms with Crippen molar-refractivity contribution < 1.29 is 9.66 Å². The molecule has 23 heavy (non-hydrogen) atoms. The number of rotatable bonds is 5. The van der Waals surface area contributed by atoms with Crippen LogP contribution < -0.4 is 4.74 Å². The first kappa shape index (κ1) is 15.5. The number of hydrogen-bond acceptors (Lipinski definition) is 4. The van der Waals surface area contributed by atoms with Crippen LogP contribution in [0.3, 0.4) is 0 Å². The molecule has 1 fully saturated rings. The van der Waals surface area contributed by atoms with Gasteiger partial charge in [0.2, 0.25) is 6.04 Å². The van der Waals surface area contributed by atoms with Crippen LogP contribution in [0.15, 0.2) is 54.6 Å². The van der Waals surface area contributed by atoms with Crippen LogP contribution in [0.2, 0.25) is 0 Å². The standard InChI is InChI=1S/C18H20N2O3/c1-23-16-9-7-15(8-10-16)17-12-19(13-18(17)20(21)22)11-14-5-3-2-4-6-14/h2-10,17-18H,11-13H2,1H3. The first-order valence-corrected chi connectivity index (χ1v) is 7.71. The van der Waals surface area contributed by atoms with Crippen molar-refractivity contribution in [3.63, 3.8) is 0 Å². The largest absolute Gasteiger partial charge is 0.497 e. The summed E-state index contributed by atoms with van der Waals surface area (Å²) in [7, 11) is 1.62. The van der Waals surface area contributed by atoms with Gasteiger partial charge in [-0.05, 0) is 23.3 Å². The van der Waals surface area contributed by atoms with Gasteiger partial charge in [0.05, 0.1) is 19.6 Å². The number of likely N-dealkylation sites (tertiary alicyclic amines) is 1. The van der Waals surface area contributed by atoms with Gasteiger partial charge < -0.3 is 4.74 Å². The zero-order valence-electron chi connectivity index (χ0n) is 13.1. The van der Waals surface area contributed by atoms with Gasteiger partial charge in [0, 0.05) is 18.0 Å². The molecular formula is C18H20N2O3. The molecule has 5 nitrogen and oxygen atoms in total. The Morgan fingerprint density at radius 2 is 1.83 bits per heavy atom. The summed E-state index contributed by atoms with van der Waals surface area (Å²) in [5.41, 5.74) is 2.19. The summed E-state index contributed by atoms with van der Waals surface area (Å²) in [6.45, 7) is 1.93. The van der Waals surface area contributed by atoms with Crippen LogP contribution in [0.4, 0.5) is 0 Å². The summed E-state index contributed by atoms with van der Waals surface area (Å²) >= 11 is 0. The molecule has 2 aromatic carbocycles. The maximum absolute atomic E-state index is 11.5. The second kappa shape index (κ2) is 6.79. The Balaban J connectivity index is 1.76. The Labute approximate surface area is 135 Å². The van der Waals surface area contributed by atoms with Crippen molar-refractivity contribution >= 4 is 0 Å². The van der Waals surface area contributed by atoms with E-state index in [4.69, 9.17) is 4.74 Å². The van der Waals surface area contributed by atoms with E-state index >= 15 is 0 Å². The molecule has 0 aromatic heterocycles. The summed E-state index contributed by atoms with van der Waals surface area (Å²) in [6, 6.07) is 17.1. The predicted octanol–water partition coefficient (Wildman–Crippen LogP) is 2.94. The fourth-order valence-corrected chi connectivity index (χ4v) is 3.23. The molecule has 1 aliphatic heterocycles. The van der Waals surface area contributed by atoms with Crippen LogP contribution in [-0.4, -0.2) is 36.1 Å². The van der Waals surface area contributed by atoms with Crippen LogP contribution in [0.1, 0.15) is 17.0 Å². The van der Waals surface area contributed by atoms with E-state index in [2.05, 4.69) is 17.0 Å². The highest BCUT2D eigenvalue weighted by atomic mass is 16.6. The van der Waals surface area contributed by atoms with E-state index in [-0.39, 0.29) is 10.8 Å². The van der Waals surface area contributed by atoms with Crippen molar-refractivity contribution in [3.8, 4) is 5.75 Å². The van der Waals surface area contributed by atoms with Gasteiger partial charge in [0.1, 0.15) is 5.75 Å². The van der Waals surface area contributed by atoms with Gasteiger partial charge in [-0.1, -0.05) is 42.5 Å². The first-order chi connectivity index (χ1) is 11.2. The lowest BCUT2D eigenvalue weighted by atomic mass is 9.95. The number of nitro groups is 1. The minimum atomic E-state index is -0.563. The summed E-state index contributed by atoms with van der Waals surface area (Å²) in [4.78, 5) is 13.5. The van der Waals surface area contributed by atoms with E-state index in [1.54, 1.807) is 7.11 Å². The topological polar surface area (TPSA) is 55.6 Å². The number of ether oxygens (including phenoxy) is 1. The van der Waals surface area contributed by atoms with Gasteiger partial charge in [0.25, 0.3) is 0 Å². The minimum absolute atomic E-state index is 0.0837. The van der Waals surface area contributed by atoms with Crippen molar-refractivity contribution in [3.05, 3.63) is 75.8 Å². The molecule has 2 atom stereocenters. The lowest BCUT2D eigenvalue weighted by Gasteiger charge is -2.15. The maximum atomic E-state index is 11.5. The third-order valence-corrected chi connectivity index (χ3v) is 4.43. The van der Waals surface area contributed by atoms with Crippen molar-refractivity contribution in [2.24, 2.45) is 0 Å². The lowest BCUT2D eigenvalue weighted by Crippen LogP contribution is -2.28. The molecular weight excluding hydrogens is 292 g/mol. The quantitative estimate of drug-likeness (QED) is 0.629. The van der Waals surface area contributed by atoms with Crippen molar-refractivity contribution in [1.82, 2.24) is 4.90 Å². The van der Waals surface area contributed by atoms with Crippen LogP contribution in [0.25, 0.3) is 0 Å². The monoisotopic (exact) mass is 312 g/mol. The number of benzene rings is 2. The highest BCUT2D eigenvalue weighted by Gasteiger charge is 2.41. The predicted molar refractivity (Wildman–Crippen MR) is 88.2 cm³/mol. The molecule has 0 N–H and O–H groups in total. The summed E-state index contributed by atoms with van der Waals surface area (Å²) in [6.07, 6.45) is 0. The molecule has 2 unspecified atom stereocenters. The van der Waals surface area contributed by atoms with Gasteiger partial charge in [-0.15, -0.1) is 0 Å². The maximum Gasteiger partial charge on any atom is 0.233 e. The molecule has 0 bridgehead atoms. The van der Waals surface area contributed by atoms with Crippen LogP contribution >= 0.6 is 0 Å². The molecule has 5 heteroatoms. The molecule has 0 amide bonds. The fourth-order valence-electron chi connectivity index (χ4n) is 3.23. The molecule has 0 aliphatic carbocycles. The smallest absolute Gasteiger partial charge is 0.233 e. The van der Waals surface area contributed by atoms with E-state index in [1.807, 2.05) is 42.5 Å². The zero-order valence-corrected chi connectivity index (χ0v) is 13.1. The average Bonchev–Trinajstić information content (AvgIpc) is 3.00. The fraction of sp³-hybridized carbons (Fsp3) is 0.333. The SMILES string of the molecule is COc1ccc(C2CN(Cc3ccccc3)CC2[N+](=O)[O-])cc1. The van der Waals surface area contributed by atoms with Crippen molar-refractivity contribution in [2.45, 2.75) is 18.5 Å². The molecule has 120 valence electrons. The van der Waals surface area contributed by atoms with Gasteiger partial charge in [-0.2, -0.15) is 0 Å². The molecule has 0 radical (unpaired) electrons. The van der Waals surface area contributed by atoms with E-state index in [9.17, 15) is 10.1 Å². The Morgan fingerprint density at radius 3 is 2.43 bits per heavy atom. The average molecular weight is 312 g/mol. The molecule has 2 aromatic rings. The highest BCUT2D eigenvalue weighted by Crippen LogP contribution is 2.31. The Bertz CT molecular complexity index is 658. The number of hydrogen-bond donors (Lipinski definition) is 0. The first-order valence-electron chi connectivity index (χ1n) is 7.71. The van der Waals surface area contributed by atoms with E-state index < -0.39 is 6.04 Å². The van der Waals surface area contributed by atoms with E-state index in [1.165, 1.54) is 5.56 Å². The van der Waals surface area contributed by atoms with Crippen LogP contribution in [-0.2, 0) is 6.54 Å². The van der Waals surface area contributed by atoms with Crippen LogP contribution in [0, 0.1) is 10.1 Å². The Kier molecular flexibility index (Phi) is 4.57. The Hall–Kier alpha value is -2.40. The van der Waals surface area contributed by atoms with E-state index in [0.717, 1.165) is 17.9 Å². The van der Waals surface area contributed by atoms with Gasteiger partial charge >= 0.3 is 0 Å². The van der Waals surface area contributed by atoms with Crippen LogP contribution in [0.5, 0.6) is 5.75 Å². The van der Waals surface area contributed by atoms with Gasteiger partial charge in [-0.25, -0.2) is 0 Å².